The molecule has 0 aliphatic heterocycles. The molecule has 5 nitrogen and oxygen atoms in total. The van der Waals surface area contributed by atoms with Gasteiger partial charge in [0, 0.05) is 20.1 Å². The van der Waals surface area contributed by atoms with Crippen molar-refractivity contribution < 1.29 is 9.26 Å². The van der Waals surface area contributed by atoms with Crippen molar-refractivity contribution in [2.45, 2.75) is 18.9 Å². The summed E-state index contributed by atoms with van der Waals surface area (Å²) in [5.74, 6) is 1.13. The Morgan fingerprint density at radius 1 is 1.33 bits per heavy atom. The number of nitrogens with zero attached hydrogens (tertiary/aromatic N) is 2. The highest BCUT2D eigenvalue weighted by Gasteiger charge is 2.16. The second kappa shape index (κ2) is 6.28. The van der Waals surface area contributed by atoms with Crippen molar-refractivity contribution in [3.8, 4) is 0 Å². The van der Waals surface area contributed by atoms with Crippen LogP contribution in [0.1, 0.15) is 29.7 Å². The van der Waals surface area contributed by atoms with Crippen molar-refractivity contribution in [2.75, 3.05) is 13.7 Å². The number of hydrogen-bond donors (Lipinski definition) is 1. The normalized spacial score (nSPS) is 12.6. The minimum Gasteiger partial charge on any atom is -0.385 e. The minimum atomic E-state index is -0.366. The highest BCUT2D eigenvalue weighted by molar-refractivity contribution is 5.22. The summed E-state index contributed by atoms with van der Waals surface area (Å²) in [5.41, 5.74) is 7.03. The maximum atomic E-state index is 6.06. The quantitative estimate of drug-likeness (QED) is 0.786. The number of benzene rings is 1. The molecular formula is C13H17N3O2. The Hall–Kier alpha value is -1.72. The Balaban J connectivity index is 2.01. The summed E-state index contributed by atoms with van der Waals surface area (Å²) in [4.78, 5) is 4.30. The third-order valence-corrected chi connectivity index (χ3v) is 2.66. The maximum Gasteiger partial charge on any atom is 0.248 e. The van der Waals surface area contributed by atoms with Crippen LogP contribution in [0.25, 0.3) is 0 Å². The molecule has 0 amide bonds. The first-order valence-corrected chi connectivity index (χ1v) is 5.93. The fraction of sp³-hybridized carbons (Fsp3) is 0.385. The Morgan fingerprint density at radius 3 is 2.83 bits per heavy atom. The molecule has 1 atom stereocenters. The first-order valence-electron chi connectivity index (χ1n) is 5.93. The van der Waals surface area contributed by atoms with E-state index in [0.29, 0.717) is 18.3 Å². The summed E-state index contributed by atoms with van der Waals surface area (Å²) < 4.78 is 10.2. The smallest absolute Gasteiger partial charge is 0.248 e. The molecule has 0 saturated carbocycles. The Labute approximate surface area is 106 Å². The maximum absolute atomic E-state index is 6.06. The summed E-state index contributed by atoms with van der Waals surface area (Å²) in [6.07, 6.45) is 1.61. The summed E-state index contributed by atoms with van der Waals surface area (Å²) in [6.45, 7) is 0.689. The zero-order valence-corrected chi connectivity index (χ0v) is 10.4. The zero-order chi connectivity index (χ0) is 12.8. The van der Waals surface area contributed by atoms with E-state index in [9.17, 15) is 0 Å². The Morgan fingerprint density at radius 2 is 2.11 bits per heavy atom. The molecule has 1 aromatic carbocycles. The van der Waals surface area contributed by atoms with Gasteiger partial charge in [-0.25, -0.2) is 0 Å². The number of aryl methyl sites for hydroxylation is 1. The van der Waals surface area contributed by atoms with E-state index >= 15 is 0 Å². The lowest BCUT2D eigenvalue weighted by atomic mass is 10.1. The zero-order valence-electron chi connectivity index (χ0n) is 10.4. The molecule has 2 aromatic rings. The van der Waals surface area contributed by atoms with Gasteiger partial charge in [0.15, 0.2) is 5.82 Å². The third-order valence-electron chi connectivity index (χ3n) is 2.66. The molecule has 1 aromatic heterocycles. The predicted molar refractivity (Wildman–Crippen MR) is 67.0 cm³/mol. The van der Waals surface area contributed by atoms with Gasteiger partial charge in [-0.1, -0.05) is 35.5 Å². The van der Waals surface area contributed by atoms with Gasteiger partial charge in [-0.15, -0.1) is 0 Å². The average Bonchev–Trinajstić information content (AvgIpc) is 2.88. The van der Waals surface area contributed by atoms with Crippen molar-refractivity contribution in [3.05, 3.63) is 47.6 Å². The van der Waals surface area contributed by atoms with E-state index in [1.54, 1.807) is 7.11 Å². The molecule has 5 heteroatoms. The first kappa shape index (κ1) is 12.7. The van der Waals surface area contributed by atoms with Gasteiger partial charge in [0.25, 0.3) is 0 Å². The van der Waals surface area contributed by atoms with E-state index in [0.717, 1.165) is 18.4 Å². The van der Waals surface area contributed by atoms with Crippen LogP contribution in [0.5, 0.6) is 0 Å². The highest BCUT2D eigenvalue weighted by Crippen LogP contribution is 2.17. The van der Waals surface area contributed by atoms with E-state index in [1.807, 2.05) is 30.3 Å². The molecule has 0 spiro atoms. The van der Waals surface area contributed by atoms with Crippen molar-refractivity contribution >= 4 is 0 Å². The number of ether oxygens (including phenoxy) is 1. The van der Waals surface area contributed by atoms with Crippen LogP contribution in [-0.2, 0) is 11.2 Å². The molecule has 0 aliphatic carbocycles. The molecule has 0 unspecified atom stereocenters. The van der Waals surface area contributed by atoms with Crippen LogP contribution in [-0.4, -0.2) is 23.9 Å². The average molecular weight is 247 g/mol. The molecule has 1 heterocycles. The van der Waals surface area contributed by atoms with Crippen LogP contribution in [0.2, 0.25) is 0 Å². The van der Waals surface area contributed by atoms with Crippen LogP contribution in [0.15, 0.2) is 34.9 Å². The van der Waals surface area contributed by atoms with Crippen LogP contribution in [0, 0.1) is 0 Å². The lowest BCUT2D eigenvalue weighted by Gasteiger charge is -2.05. The second-order valence-electron chi connectivity index (χ2n) is 4.03. The van der Waals surface area contributed by atoms with Gasteiger partial charge in [0.2, 0.25) is 5.89 Å². The van der Waals surface area contributed by atoms with Gasteiger partial charge in [-0.05, 0) is 12.0 Å². The molecule has 96 valence electrons. The van der Waals surface area contributed by atoms with Gasteiger partial charge >= 0.3 is 0 Å². The topological polar surface area (TPSA) is 74.2 Å². The molecule has 0 aliphatic rings. The summed E-state index contributed by atoms with van der Waals surface area (Å²) >= 11 is 0. The van der Waals surface area contributed by atoms with E-state index in [1.165, 1.54) is 0 Å². The number of hydrogen-bond acceptors (Lipinski definition) is 5. The lowest BCUT2D eigenvalue weighted by Crippen LogP contribution is -2.12. The lowest BCUT2D eigenvalue weighted by molar-refractivity contribution is 0.194. The fourth-order valence-corrected chi connectivity index (χ4v) is 1.67. The summed E-state index contributed by atoms with van der Waals surface area (Å²) in [5, 5.41) is 3.91. The van der Waals surface area contributed by atoms with E-state index in [-0.39, 0.29) is 6.04 Å². The SMILES string of the molecule is COCCCc1noc([C@@H](N)c2ccccc2)n1. The van der Waals surface area contributed by atoms with Crippen LogP contribution in [0.4, 0.5) is 0 Å². The number of nitrogens with two attached hydrogens (primary N) is 1. The molecule has 0 bridgehead atoms. The van der Waals surface area contributed by atoms with Crippen LogP contribution in [0.3, 0.4) is 0 Å². The summed E-state index contributed by atoms with van der Waals surface area (Å²) in [6, 6.07) is 9.34. The Kier molecular flexibility index (Phi) is 4.44. The van der Waals surface area contributed by atoms with Crippen LogP contribution < -0.4 is 5.73 Å². The van der Waals surface area contributed by atoms with E-state index in [4.69, 9.17) is 15.0 Å². The van der Waals surface area contributed by atoms with Gasteiger partial charge in [-0.3, -0.25) is 0 Å². The van der Waals surface area contributed by atoms with Crippen LogP contribution >= 0.6 is 0 Å². The monoisotopic (exact) mass is 247 g/mol. The largest absolute Gasteiger partial charge is 0.385 e. The number of aromatic nitrogens is 2. The van der Waals surface area contributed by atoms with Crippen molar-refractivity contribution in [2.24, 2.45) is 5.73 Å². The van der Waals surface area contributed by atoms with E-state index < -0.39 is 0 Å². The highest BCUT2D eigenvalue weighted by atomic mass is 16.5. The second-order valence-corrected chi connectivity index (χ2v) is 4.03. The standard InChI is InChI=1S/C13H17N3O2/c1-17-9-5-8-11-15-13(18-16-11)12(14)10-6-3-2-4-7-10/h2-4,6-7,12H,5,8-9,14H2,1H3/t12-/m0/s1. The summed E-state index contributed by atoms with van der Waals surface area (Å²) in [7, 11) is 1.67. The first-order chi connectivity index (χ1) is 8.81. The van der Waals surface area contributed by atoms with Gasteiger partial charge in [0.05, 0.1) is 0 Å². The number of methoxy groups -OCH3 is 1. The van der Waals surface area contributed by atoms with Gasteiger partial charge in [0.1, 0.15) is 6.04 Å². The minimum absolute atomic E-state index is 0.366. The van der Waals surface area contributed by atoms with Gasteiger partial charge in [-0.2, -0.15) is 4.98 Å². The molecule has 0 fully saturated rings. The molecule has 2 rings (SSSR count). The molecule has 0 saturated heterocycles. The third kappa shape index (κ3) is 3.15. The van der Waals surface area contributed by atoms with Crippen molar-refractivity contribution in [1.29, 1.82) is 0 Å². The molecular weight excluding hydrogens is 230 g/mol. The van der Waals surface area contributed by atoms with Crippen molar-refractivity contribution in [3.63, 3.8) is 0 Å². The molecule has 18 heavy (non-hydrogen) atoms. The molecule has 0 radical (unpaired) electrons. The predicted octanol–water partition coefficient (Wildman–Crippen LogP) is 1.70. The van der Waals surface area contributed by atoms with E-state index in [2.05, 4.69) is 10.1 Å². The fourth-order valence-electron chi connectivity index (χ4n) is 1.67. The Bertz CT molecular complexity index is 470. The van der Waals surface area contributed by atoms with Gasteiger partial charge < -0.3 is 15.0 Å². The van der Waals surface area contributed by atoms with Crippen molar-refractivity contribution in [1.82, 2.24) is 10.1 Å². The molecule has 2 N–H and O–H groups in total. The number of rotatable bonds is 6.